The van der Waals surface area contributed by atoms with E-state index in [0.717, 1.165) is 16.9 Å². The molecule has 0 aliphatic rings. The third kappa shape index (κ3) is 5.48. The Kier molecular flexibility index (Phi) is 7.23. The van der Waals surface area contributed by atoms with E-state index in [1.807, 2.05) is 48.5 Å². The Morgan fingerprint density at radius 2 is 1.67 bits per heavy atom. The lowest BCUT2D eigenvalue weighted by Gasteiger charge is -2.28. The summed E-state index contributed by atoms with van der Waals surface area (Å²) in [6.45, 7) is 2.05. The van der Waals surface area contributed by atoms with Crippen LogP contribution in [0.1, 0.15) is 18.1 Å². The van der Waals surface area contributed by atoms with Gasteiger partial charge in [-0.2, -0.15) is 0 Å². The second-order valence-corrected chi connectivity index (χ2v) is 6.19. The van der Waals surface area contributed by atoms with Crippen LogP contribution in [0.25, 0.3) is 0 Å². The van der Waals surface area contributed by atoms with Crippen molar-refractivity contribution in [2.45, 2.75) is 25.9 Å². The van der Waals surface area contributed by atoms with Crippen LogP contribution >= 0.6 is 0 Å². The summed E-state index contributed by atoms with van der Waals surface area (Å²) < 4.78 is 10.4. The molecule has 2 aromatic carbocycles. The zero-order valence-electron chi connectivity index (χ0n) is 16.2. The molecule has 0 aliphatic carbocycles. The number of nitrogens with zero attached hydrogens (tertiary/aromatic N) is 1. The van der Waals surface area contributed by atoms with Gasteiger partial charge < -0.3 is 19.7 Å². The van der Waals surface area contributed by atoms with Gasteiger partial charge in [-0.25, -0.2) is 0 Å². The van der Waals surface area contributed by atoms with Gasteiger partial charge in [0.15, 0.2) is 0 Å². The van der Waals surface area contributed by atoms with E-state index in [4.69, 9.17) is 9.47 Å². The summed E-state index contributed by atoms with van der Waals surface area (Å²) in [5, 5.41) is 2.61. The lowest BCUT2D eigenvalue weighted by molar-refractivity contribution is -0.139. The molecule has 27 heavy (non-hydrogen) atoms. The summed E-state index contributed by atoms with van der Waals surface area (Å²) in [5.74, 6) is 1.11. The van der Waals surface area contributed by atoms with Gasteiger partial charge in [-0.05, 0) is 42.3 Å². The number of hydrogen-bond acceptors (Lipinski definition) is 4. The number of carbonyl (C=O) groups is 2. The van der Waals surface area contributed by atoms with E-state index >= 15 is 0 Å². The average molecular weight is 370 g/mol. The Morgan fingerprint density at radius 3 is 2.26 bits per heavy atom. The molecule has 0 aliphatic heterocycles. The maximum Gasteiger partial charge on any atom is 0.242 e. The third-order valence-corrected chi connectivity index (χ3v) is 4.42. The topological polar surface area (TPSA) is 67.9 Å². The number of rotatable bonds is 8. The largest absolute Gasteiger partial charge is 0.497 e. The van der Waals surface area contributed by atoms with Gasteiger partial charge in [0.1, 0.15) is 17.5 Å². The molecule has 0 saturated heterocycles. The Morgan fingerprint density at radius 1 is 1.00 bits per heavy atom. The van der Waals surface area contributed by atoms with Crippen molar-refractivity contribution < 1.29 is 19.1 Å². The maximum atomic E-state index is 13.0. The van der Waals surface area contributed by atoms with Crippen LogP contribution in [0.4, 0.5) is 0 Å². The third-order valence-electron chi connectivity index (χ3n) is 4.42. The summed E-state index contributed by atoms with van der Waals surface area (Å²) >= 11 is 0. The fraction of sp³-hybridized carbons (Fsp3) is 0.333. The highest BCUT2D eigenvalue weighted by Crippen LogP contribution is 2.18. The van der Waals surface area contributed by atoms with Crippen molar-refractivity contribution in [3.8, 4) is 11.5 Å². The molecule has 144 valence electrons. The van der Waals surface area contributed by atoms with Crippen molar-refractivity contribution in [3.63, 3.8) is 0 Å². The Labute approximate surface area is 160 Å². The van der Waals surface area contributed by atoms with Crippen molar-refractivity contribution >= 4 is 11.8 Å². The van der Waals surface area contributed by atoms with Crippen LogP contribution in [0, 0.1) is 0 Å². The second-order valence-electron chi connectivity index (χ2n) is 6.19. The lowest BCUT2D eigenvalue weighted by Crippen LogP contribution is -2.47. The van der Waals surface area contributed by atoms with Gasteiger partial charge >= 0.3 is 0 Å². The van der Waals surface area contributed by atoms with E-state index in [1.54, 1.807) is 33.1 Å². The van der Waals surface area contributed by atoms with Crippen molar-refractivity contribution in [2.75, 3.05) is 21.3 Å². The smallest absolute Gasteiger partial charge is 0.242 e. The number of likely N-dealkylation sites (N-methyl/N-ethyl adjacent to an activating group) is 1. The summed E-state index contributed by atoms with van der Waals surface area (Å²) in [7, 11) is 4.76. The van der Waals surface area contributed by atoms with E-state index < -0.39 is 6.04 Å². The lowest BCUT2D eigenvalue weighted by atomic mass is 10.1. The highest BCUT2D eigenvalue weighted by atomic mass is 16.5. The zero-order chi connectivity index (χ0) is 19.8. The molecule has 0 unspecified atom stereocenters. The number of nitrogens with one attached hydrogen (secondary N) is 1. The molecule has 0 bridgehead atoms. The van der Waals surface area contributed by atoms with Crippen LogP contribution in [-0.2, 0) is 22.6 Å². The normalized spacial score (nSPS) is 11.4. The first kappa shape index (κ1) is 20.3. The molecule has 1 atom stereocenters. The van der Waals surface area contributed by atoms with Gasteiger partial charge in [-0.1, -0.05) is 24.3 Å². The first-order chi connectivity index (χ1) is 13.0. The molecule has 2 rings (SSSR count). The van der Waals surface area contributed by atoms with Crippen LogP contribution in [0.2, 0.25) is 0 Å². The van der Waals surface area contributed by atoms with Crippen molar-refractivity contribution in [3.05, 3.63) is 59.7 Å². The van der Waals surface area contributed by atoms with Crippen molar-refractivity contribution in [1.82, 2.24) is 10.2 Å². The number of carbonyl (C=O) groups excluding carboxylic acids is 2. The van der Waals surface area contributed by atoms with E-state index in [2.05, 4.69) is 5.32 Å². The van der Waals surface area contributed by atoms with Gasteiger partial charge in [0.2, 0.25) is 11.8 Å². The fourth-order valence-corrected chi connectivity index (χ4v) is 2.78. The number of amides is 2. The fourth-order valence-electron chi connectivity index (χ4n) is 2.78. The monoisotopic (exact) mass is 370 g/mol. The predicted molar refractivity (Wildman–Crippen MR) is 104 cm³/mol. The van der Waals surface area contributed by atoms with Crippen LogP contribution in [-0.4, -0.2) is 44.0 Å². The van der Waals surface area contributed by atoms with Crippen LogP contribution in [0.15, 0.2) is 48.5 Å². The van der Waals surface area contributed by atoms with Gasteiger partial charge in [0, 0.05) is 13.6 Å². The molecule has 0 saturated carbocycles. The SMILES string of the molecule is CNC(=O)[C@@H](C)N(Cc1cccc(OC)c1)C(=O)Cc1ccc(OC)cc1. The Balaban J connectivity index is 2.21. The number of methoxy groups -OCH3 is 2. The highest BCUT2D eigenvalue weighted by Gasteiger charge is 2.25. The minimum atomic E-state index is -0.591. The van der Waals surface area contributed by atoms with Gasteiger partial charge in [0.25, 0.3) is 0 Å². The first-order valence-electron chi connectivity index (χ1n) is 8.75. The number of ether oxygens (including phenoxy) is 2. The molecule has 0 aromatic heterocycles. The summed E-state index contributed by atoms with van der Waals surface area (Å²) in [6.07, 6.45) is 0.204. The summed E-state index contributed by atoms with van der Waals surface area (Å²) in [4.78, 5) is 26.7. The van der Waals surface area contributed by atoms with E-state index in [9.17, 15) is 9.59 Å². The Bertz CT molecular complexity index is 774. The quantitative estimate of drug-likeness (QED) is 0.775. The maximum absolute atomic E-state index is 13.0. The molecular formula is C21H26N2O4. The Hall–Kier alpha value is -3.02. The molecular weight excluding hydrogens is 344 g/mol. The van der Waals surface area contributed by atoms with Crippen LogP contribution < -0.4 is 14.8 Å². The number of hydrogen-bond donors (Lipinski definition) is 1. The minimum absolute atomic E-state index is 0.126. The molecule has 0 radical (unpaired) electrons. The molecule has 0 spiro atoms. The molecule has 1 N–H and O–H groups in total. The van der Waals surface area contributed by atoms with Crippen LogP contribution in [0.5, 0.6) is 11.5 Å². The standard InChI is InChI=1S/C21H26N2O4/c1-15(21(25)22-2)23(14-17-6-5-7-19(12-17)27-4)20(24)13-16-8-10-18(26-3)11-9-16/h5-12,15H,13-14H2,1-4H3,(H,22,25)/t15-/m1/s1. The first-order valence-corrected chi connectivity index (χ1v) is 8.75. The van der Waals surface area contributed by atoms with Gasteiger partial charge in [0.05, 0.1) is 20.6 Å². The molecule has 6 heteroatoms. The second kappa shape index (κ2) is 9.62. The summed E-state index contributed by atoms with van der Waals surface area (Å²) in [5.41, 5.74) is 1.76. The zero-order valence-corrected chi connectivity index (χ0v) is 16.2. The molecule has 2 aromatic rings. The average Bonchev–Trinajstić information content (AvgIpc) is 2.71. The molecule has 2 amide bonds. The molecule has 6 nitrogen and oxygen atoms in total. The van der Waals surface area contributed by atoms with E-state index in [0.29, 0.717) is 12.3 Å². The van der Waals surface area contributed by atoms with E-state index in [1.165, 1.54) is 0 Å². The molecule has 0 heterocycles. The number of benzene rings is 2. The van der Waals surface area contributed by atoms with Gasteiger partial charge in [-0.15, -0.1) is 0 Å². The van der Waals surface area contributed by atoms with Crippen molar-refractivity contribution in [1.29, 1.82) is 0 Å². The molecule has 0 fully saturated rings. The highest BCUT2D eigenvalue weighted by molar-refractivity contribution is 5.88. The van der Waals surface area contributed by atoms with Crippen molar-refractivity contribution in [2.24, 2.45) is 0 Å². The van der Waals surface area contributed by atoms with Gasteiger partial charge in [-0.3, -0.25) is 9.59 Å². The predicted octanol–water partition coefficient (Wildman–Crippen LogP) is 2.41. The van der Waals surface area contributed by atoms with Crippen LogP contribution in [0.3, 0.4) is 0 Å². The summed E-state index contributed by atoms with van der Waals surface area (Å²) in [6, 6.07) is 14.2. The minimum Gasteiger partial charge on any atom is -0.497 e. The van der Waals surface area contributed by atoms with E-state index in [-0.39, 0.29) is 18.2 Å².